The molecule has 1 heterocycles. The van der Waals surface area contributed by atoms with Gasteiger partial charge in [-0.15, -0.1) is 0 Å². The van der Waals surface area contributed by atoms with Crippen LogP contribution in [0.1, 0.15) is 24.2 Å². The van der Waals surface area contributed by atoms with Crippen LogP contribution in [-0.4, -0.2) is 42.3 Å². The molecule has 0 saturated carbocycles. The van der Waals surface area contributed by atoms with E-state index in [2.05, 4.69) is 0 Å². The highest BCUT2D eigenvalue weighted by Crippen LogP contribution is 2.29. The summed E-state index contributed by atoms with van der Waals surface area (Å²) < 4.78 is 10.3. The van der Waals surface area contributed by atoms with Gasteiger partial charge in [-0.1, -0.05) is 18.2 Å². The average molecular weight is 263 g/mol. The fourth-order valence-electron chi connectivity index (χ4n) is 2.22. The van der Waals surface area contributed by atoms with E-state index in [-0.39, 0.29) is 12.5 Å². The highest BCUT2D eigenvalue weighted by atomic mass is 16.6. The summed E-state index contributed by atoms with van der Waals surface area (Å²) in [5.74, 6) is -0.701. The standard InChI is InChI=1S/C14H17NO4/c1-14(2)15(11(9-19-14)13(17)18-3)12(16)10-7-5-4-6-8-10/h4-8,11H,9H2,1-3H3/t11-/m0/s1. The number of benzene rings is 1. The van der Waals surface area contributed by atoms with Crippen LogP contribution in [0.3, 0.4) is 0 Å². The van der Waals surface area contributed by atoms with Gasteiger partial charge in [0.25, 0.3) is 5.91 Å². The molecule has 1 aliphatic heterocycles. The fourth-order valence-corrected chi connectivity index (χ4v) is 2.22. The van der Waals surface area contributed by atoms with Crippen LogP contribution in [0.25, 0.3) is 0 Å². The van der Waals surface area contributed by atoms with E-state index < -0.39 is 17.7 Å². The van der Waals surface area contributed by atoms with Crippen molar-refractivity contribution < 1.29 is 19.1 Å². The molecule has 1 aromatic rings. The smallest absolute Gasteiger partial charge is 0.331 e. The monoisotopic (exact) mass is 263 g/mol. The molecule has 102 valence electrons. The highest BCUT2D eigenvalue weighted by Gasteiger charge is 2.47. The third-order valence-corrected chi connectivity index (χ3v) is 3.20. The Morgan fingerprint density at radius 3 is 2.53 bits per heavy atom. The van der Waals surface area contributed by atoms with Gasteiger partial charge < -0.3 is 9.47 Å². The van der Waals surface area contributed by atoms with Crippen molar-refractivity contribution in [3.05, 3.63) is 35.9 Å². The highest BCUT2D eigenvalue weighted by molar-refractivity contribution is 5.97. The second kappa shape index (κ2) is 5.01. The molecule has 5 nitrogen and oxygen atoms in total. The van der Waals surface area contributed by atoms with Crippen molar-refractivity contribution in [1.82, 2.24) is 4.90 Å². The summed E-state index contributed by atoms with van der Waals surface area (Å²) in [5, 5.41) is 0. The lowest BCUT2D eigenvalue weighted by Crippen LogP contribution is -2.50. The Balaban J connectivity index is 2.33. The van der Waals surface area contributed by atoms with Gasteiger partial charge in [-0.2, -0.15) is 0 Å². The van der Waals surface area contributed by atoms with Gasteiger partial charge in [-0.05, 0) is 26.0 Å². The van der Waals surface area contributed by atoms with Crippen LogP contribution >= 0.6 is 0 Å². The average Bonchev–Trinajstić information content (AvgIpc) is 2.73. The zero-order valence-electron chi connectivity index (χ0n) is 11.3. The molecule has 0 aromatic heterocycles. The molecule has 19 heavy (non-hydrogen) atoms. The summed E-state index contributed by atoms with van der Waals surface area (Å²) in [7, 11) is 1.30. The van der Waals surface area contributed by atoms with Gasteiger partial charge in [0.1, 0.15) is 5.72 Å². The number of carbonyl (C=O) groups excluding carboxylic acids is 2. The molecule has 0 aliphatic carbocycles. The Morgan fingerprint density at radius 2 is 1.95 bits per heavy atom. The Morgan fingerprint density at radius 1 is 1.32 bits per heavy atom. The predicted molar refractivity (Wildman–Crippen MR) is 68.4 cm³/mol. The summed E-state index contributed by atoms with van der Waals surface area (Å²) >= 11 is 0. The zero-order chi connectivity index (χ0) is 14.0. The lowest BCUT2D eigenvalue weighted by Gasteiger charge is -2.32. The van der Waals surface area contributed by atoms with E-state index in [1.54, 1.807) is 38.1 Å². The van der Waals surface area contributed by atoms with Crippen LogP contribution in [0.5, 0.6) is 0 Å². The Bertz CT molecular complexity index is 483. The Labute approximate surface area is 112 Å². The number of rotatable bonds is 2. The first-order chi connectivity index (χ1) is 8.97. The molecular weight excluding hydrogens is 246 g/mol. The van der Waals surface area contributed by atoms with E-state index >= 15 is 0 Å². The van der Waals surface area contributed by atoms with E-state index in [0.29, 0.717) is 5.56 Å². The van der Waals surface area contributed by atoms with Gasteiger partial charge in [-0.3, -0.25) is 9.69 Å². The van der Waals surface area contributed by atoms with Crippen LogP contribution in [-0.2, 0) is 14.3 Å². The van der Waals surface area contributed by atoms with E-state index in [0.717, 1.165) is 0 Å². The summed E-state index contributed by atoms with van der Waals surface area (Å²) in [6.07, 6.45) is 0. The van der Waals surface area contributed by atoms with E-state index in [4.69, 9.17) is 9.47 Å². The molecule has 0 unspecified atom stereocenters. The molecule has 0 radical (unpaired) electrons. The number of hydrogen-bond acceptors (Lipinski definition) is 4. The summed E-state index contributed by atoms with van der Waals surface area (Å²) in [6, 6.07) is 8.12. The fraction of sp³-hybridized carbons (Fsp3) is 0.429. The lowest BCUT2D eigenvalue weighted by molar-refractivity contribution is -0.145. The largest absolute Gasteiger partial charge is 0.467 e. The molecule has 1 amide bonds. The maximum atomic E-state index is 12.5. The number of amides is 1. The molecule has 1 fully saturated rings. The number of hydrogen-bond donors (Lipinski definition) is 0. The first kappa shape index (κ1) is 13.5. The Hall–Kier alpha value is -1.88. The van der Waals surface area contributed by atoms with Crippen molar-refractivity contribution in [2.75, 3.05) is 13.7 Å². The molecule has 1 aliphatic rings. The molecule has 1 atom stereocenters. The number of carbonyl (C=O) groups is 2. The second-order valence-corrected chi connectivity index (χ2v) is 4.84. The van der Waals surface area contributed by atoms with E-state index in [9.17, 15) is 9.59 Å². The van der Waals surface area contributed by atoms with Crippen molar-refractivity contribution in [2.24, 2.45) is 0 Å². The van der Waals surface area contributed by atoms with Crippen molar-refractivity contribution in [1.29, 1.82) is 0 Å². The number of methoxy groups -OCH3 is 1. The van der Waals surface area contributed by atoms with Gasteiger partial charge in [0.15, 0.2) is 6.04 Å². The van der Waals surface area contributed by atoms with Gasteiger partial charge in [0, 0.05) is 5.56 Å². The molecule has 0 bridgehead atoms. The maximum Gasteiger partial charge on any atom is 0.331 e. The van der Waals surface area contributed by atoms with Crippen molar-refractivity contribution in [2.45, 2.75) is 25.6 Å². The Kier molecular flexibility index (Phi) is 3.57. The van der Waals surface area contributed by atoms with Gasteiger partial charge in [0.05, 0.1) is 13.7 Å². The molecule has 2 rings (SSSR count). The van der Waals surface area contributed by atoms with Crippen LogP contribution < -0.4 is 0 Å². The molecule has 0 N–H and O–H groups in total. The summed E-state index contributed by atoms with van der Waals surface area (Å²) in [6.45, 7) is 3.67. The normalized spacial score (nSPS) is 21.2. The first-order valence-corrected chi connectivity index (χ1v) is 6.08. The van der Waals surface area contributed by atoms with Crippen molar-refractivity contribution in [3.8, 4) is 0 Å². The predicted octanol–water partition coefficient (Wildman–Crippen LogP) is 1.44. The second-order valence-electron chi connectivity index (χ2n) is 4.84. The number of esters is 1. The zero-order valence-corrected chi connectivity index (χ0v) is 11.3. The molecule has 0 spiro atoms. The first-order valence-electron chi connectivity index (χ1n) is 6.08. The van der Waals surface area contributed by atoms with Gasteiger partial charge in [0.2, 0.25) is 0 Å². The summed E-state index contributed by atoms with van der Waals surface area (Å²) in [4.78, 5) is 25.7. The summed E-state index contributed by atoms with van der Waals surface area (Å²) in [5.41, 5.74) is -0.304. The minimum absolute atomic E-state index is 0.151. The van der Waals surface area contributed by atoms with E-state index in [1.165, 1.54) is 12.0 Å². The van der Waals surface area contributed by atoms with Crippen LogP contribution in [0.2, 0.25) is 0 Å². The van der Waals surface area contributed by atoms with Crippen LogP contribution in [0.15, 0.2) is 30.3 Å². The minimum Gasteiger partial charge on any atom is -0.467 e. The maximum absolute atomic E-state index is 12.5. The minimum atomic E-state index is -0.828. The number of ether oxygens (including phenoxy) is 2. The van der Waals surface area contributed by atoms with Crippen LogP contribution in [0.4, 0.5) is 0 Å². The van der Waals surface area contributed by atoms with Crippen molar-refractivity contribution >= 4 is 11.9 Å². The quantitative estimate of drug-likeness (QED) is 0.758. The third-order valence-electron chi connectivity index (χ3n) is 3.20. The lowest BCUT2D eigenvalue weighted by atomic mass is 10.1. The number of nitrogens with zero attached hydrogens (tertiary/aromatic N) is 1. The SMILES string of the molecule is COC(=O)[C@@H]1COC(C)(C)N1C(=O)c1ccccc1. The molecular formula is C14H17NO4. The molecule has 5 heteroatoms. The van der Waals surface area contributed by atoms with Crippen LogP contribution in [0, 0.1) is 0 Å². The van der Waals surface area contributed by atoms with Gasteiger partial charge >= 0.3 is 5.97 Å². The molecule has 1 aromatic carbocycles. The van der Waals surface area contributed by atoms with Crippen molar-refractivity contribution in [3.63, 3.8) is 0 Å². The molecule has 1 saturated heterocycles. The third kappa shape index (κ3) is 2.46. The van der Waals surface area contributed by atoms with Gasteiger partial charge in [-0.25, -0.2) is 4.79 Å². The van der Waals surface area contributed by atoms with E-state index in [1.807, 2.05) is 6.07 Å². The topological polar surface area (TPSA) is 55.8 Å².